The van der Waals surface area contributed by atoms with Gasteiger partial charge in [0.15, 0.2) is 0 Å². The second-order valence-electron chi connectivity index (χ2n) is 2.25. The lowest BCUT2D eigenvalue weighted by atomic mass is 10.4. The normalized spacial score (nSPS) is 9.57. The Morgan fingerprint density at radius 3 is 1.86 bits per heavy atom. The summed E-state index contributed by atoms with van der Waals surface area (Å²) in [6.07, 6.45) is 0. The first-order valence-electron chi connectivity index (χ1n) is 3.49. The van der Waals surface area contributed by atoms with Crippen molar-refractivity contribution in [3.05, 3.63) is 49.0 Å². The third-order valence-corrected chi connectivity index (χ3v) is 2.07. The lowest BCUT2D eigenvalue weighted by molar-refractivity contribution is 0.596. The molecule has 76 valence electrons. The molecule has 0 amide bonds. The van der Waals surface area contributed by atoms with Crippen LogP contribution in [0.15, 0.2) is 48.1 Å². The van der Waals surface area contributed by atoms with E-state index in [1.165, 1.54) is 0 Å². The summed E-state index contributed by atoms with van der Waals surface area (Å²) >= 11 is 0. The second-order valence-corrected chi connectivity index (χ2v) is 3.81. The van der Waals surface area contributed by atoms with Crippen LogP contribution in [-0.2, 0) is 10.0 Å². The zero-order valence-corrected chi connectivity index (χ0v) is 8.22. The maximum Gasteiger partial charge on any atom is 0.238 e. The van der Waals surface area contributed by atoms with Gasteiger partial charge in [-0.05, 0) is 24.3 Å². The molecule has 2 N–H and O–H groups in total. The summed E-state index contributed by atoms with van der Waals surface area (Å²) in [5.74, 6) is -0.489. The van der Waals surface area contributed by atoms with Gasteiger partial charge in [-0.2, -0.15) is 0 Å². The molecule has 0 aliphatic carbocycles. The SMILES string of the molecule is C=C=C.NS(=O)(=O)c1ccc(F)cc1. The van der Waals surface area contributed by atoms with E-state index >= 15 is 0 Å². The van der Waals surface area contributed by atoms with Gasteiger partial charge in [0.1, 0.15) is 5.82 Å². The molecule has 0 atom stereocenters. The smallest absolute Gasteiger partial charge is 0.225 e. The van der Waals surface area contributed by atoms with Crippen LogP contribution < -0.4 is 5.14 Å². The van der Waals surface area contributed by atoms with Crippen LogP contribution in [0.25, 0.3) is 0 Å². The molecule has 0 radical (unpaired) electrons. The molecule has 0 bridgehead atoms. The van der Waals surface area contributed by atoms with Crippen LogP contribution in [0.3, 0.4) is 0 Å². The number of sulfonamides is 1. The third kappa shape index (κ3) is 4.57. The largest absolute Gasteiger partial charge is 0.238 e. The molecule has 0 aliphatic rings. The highest BCUT2D eigenvalue weighted by Crippen LogP contribution is 2.06. The zero-order valence-electron chi connectivity index (χ0n) is 7.40. The van der Waals surface area contributed by atoms with Crippen LogP contribution in [0, 0.1) is 5.82 Å². The summed E-state index contributed by atoms with van der Waals surface area (Å²) in [6.45, 7) is 6.25. The van der Waals surface area contributed by atoms with Gasteiger partial charge in [0.05, 0.1) is 4.90 Å². The minimum absolute atomic E-state index is 0.0844. The van der Waals surface area contributed by atoms with E-state index in [-0.39, 0.29) is 4.90 Å². The molecule has 5 heteroatoms. The summed E-state index contributed by atoms with van der Waals surface area (Å²) in [5, 5.41) is 4.76. The van der Waals surface area contributed by atoms with Gasteiger partial charge in [0.2, 0.25) is 10.0 Å². The Bertz CT molecular complexity index is 417. The predicted octanol–water partition coefficient (Wildman–Crippen LogP) is 1.43. The Labute approximate surface area is 82.4 Å². The highest BCUT2D eigenvalue weighted by molar-refractivity contribution is 7.89. The molecule has 14 heavy (non-hydrogen) atoms. The number of hydrogen-bond acceptors (Lipinski definition) is 2. The van der Waals surface area contributed by atoms with E-state index in [4.69, 9.17) is 5.14 Å². The average Bonchev–Trinajstić information content (AvgIpc) is 2.04. The van der Waals surface area contributed by atoms with Crippen LogP contribution in [0.2, 0.25) is 0 Å². The molecular weight excluding hydrogens is 205 g/mol. The highest BCUT2D eigenvalue weighted by Gasteiger charge is 2.05. The third-order valence-electron chi connectivity index (χ3n) is 1.14. The fraction of sp³-hybridized carbons (Fsp3) is 0. The molecule has 0 aromatic heterocycles. The standard InChI is InChI=1S/C6H6FNO2S.C3H4/c7-5-1-3-6(4-2-5)11(8,9)10;1-3-2/h1-4H,(H2,8,9,10);1-2H2. The van der Waals surface area contributed by atoms with Crippen LogP contribution in [0.5, 0.6) is 0 Å². The molecule has 0 spiro atoms. The van der Waals surface area contributed by atoms with Crippen LogP contribution in [0.4, 0.5) is 4.39 Å². The Morgan fingerprint density at radius 1 is 1.21 bits per heavy atom. The van der Waals surface area contributed by atoms with E-state index < -0.39 is 15.8 Å². The van der Waals surface area contributed by atoms with Crippen molar-refractivity contribution < 1.29 is 12.8 Å². The summed E-state index contributed by atoms with van der Waals surface area (Å²) in [5.41, 5.74) is 2.25. The molecule has 0 saturated carbocycles. The number of benzene rings is 1. The number of primary sulfonamides is 1. The fourth-order valence-corrected chi connectivity index (χ4v) is 1.14. The van der Waals surface area contributed by atoms with Gasteiger partial charge >= 0.3 is 0 Å². The van der Waals surface area contributed by atoms with E-state index in [1.807, 2.05) is 0 Å². The van der Waals surface area contributed by atoms with Crippen LogP contribution >= 0.6 is 0 Å². The number of halogens is 1. The highest BCUT2D eigenvalue weighted by atomic mass is 32.2. The summed E-state index contributed by atoms with van der Waals surface area (Å²) in [7, 11) is -3.69. The molecule has 1 aromatic rings. The Hall–Kier alpha value is -1.42. The van der Waals surface area contributed by atoms with E-state index in [1.54, 1.807) is 0 Å². The summed E-state index contributed by atoms with van der Waals surface area (Å²) in [4.78, 5) is -0.0844. The first kappa shape index (κ1) is 12.6. The van der Waals surface area contributed by atoms with Gasteiger partial charge in [-0.15, -0.1) is 5.73 Å². The van der Waals surface area contributed by atoms with Crippen LogP contribution in [0.1, 0.15) is 0 Å². The van der Waals surface area contributed by atoms with E-state index in [0.717, 1.165) is 24.3 Å². The van der Waals surface area contributed by atoms with E-state index in [0.29, 0.717) is 0 Å². The Morgan fingerprint density at radius 2 is 1.57 bits per heavy atom. The molecule has 1 aromatic carbocycles. The number of hydrogen-bond donors (Lipinski definition) is 1. The van der Waals surface area contributed by atoms with Gasteiger partial charge in [-0.1, -0.05) is 13.2 Å². The van der Waals surface area contributed by atoms with Crippen molar-refractivity contribution in [3.8, 4) is 0 Å². The maximum absolute atomic E-state index is 12.2. The molecule has 0 aliphatic heterocycles. The second kappa shape index (κ2) is 5.34. The molecule has 0 fully saturated rings. The molecular formula is C9H10FNO2S. The monoisotopic (exact) mass is 215 g/mol. The molecule has 0 unspecified atom stereocenters. The van der Waals surface area contributed by atoms with Crippen molar-refractivity contribution in [2.75, 3.05) is 0 Å². The predicted molar refractivity (Wildman–Crippen MR) is 52.5 cm³/mol. The van der Waals surface area contributed by atoms with Crippen molar-refractivity contribution in [2.45, 2.75) is 4.90 Å². The molecule has 0 heterocycles. The van der Waals surface area contributed by atoms with Gasteiger partial charge in [0.25, 0.3) is 0 Å². The van der Waals surface area contributed by atoms with E-state index in [9.17, 15) is 12.8 Å². The van der Waals surface area contributed by atoms with Crippen molar-refractivity contribution in [1.29, 1.82) is 0 Å². The molecule has 0 saturated heterocycles. The average molecular weight is 215 g/mol. The topological polar surface area (TPSA) is 60.2 Å². The quantitative estimate of drug-likeness (QED) is 0.720. The van der Waals surface area contributed by atoms with Gasteiger partial charge in [0, 0.05) is 0 Å². The van der Waals surface area contributed by atoms with Crippen molar-refractivity contribution in [3.63, 3.8) is 0 Å². The Kier molecular flexibility index (Phi) is 4.80. The lowest BCUT2D eigenvalue weighted by Crippen LogP contribution is -2.11. The number of rotatable bonds is 1. The van der Waals surface area contributed by atoms with Gasteiger partial charge in [-0.25, -0.2) is 17.9 Å². The Balaban J connectivity index is 0.000000500. The van der Waals surface area contributed by atoms with Crippen molar-refractivity contribution in [2.24, 2.45) is 5.14 Å². The minimum atomic E-state index is -3.69. The fourth-order valence-electron chi connectivity index (χ4n) is 0.624. The lowest BCUT2D eigenvalue weighted by Gasteiger charge is -1.95. The van der Waals surface area contributed by atoms with Crippen molar-refractivity contribution in [1.82, 2.24) is 0 Å². The number of nitrogens with two attached hydrogens (primary N) is 1. The van der Waals surface area contributed by atoms with E-state index in [2.05, 4.69) is 18.9 Å². The first-order valence-corrected chi connectivity index (χ1v) is 5.04. The maximum atomic E-state index is 12.2. The summed E-state index contributed by atoms with van der Waals surface area (Å²) < 4.78 is 33.4. The zero-order chi connectivity index (χ0) is 11.2. The minimum Gasteiger partial charge on any atom is -0.225 e. The molecule has 1 rings (SSSR count). The van der Waals surface area contributed by atoms with Crippen LogP contribution in [-0.4, -0.2) is 8.42 Å². The first-order chi connectivity index (χ1) is 6.41. The van der Waals surface area contributed by atoms with Gasteiger partial charge < -0.3 is 0 Å². The van der Waals surface area contributed by atoms with Crippen molar-refractivity contribution >= 4 is 10.0 Å². The summed E-state index contributed by atoms with van der Waals surface area (Å²) in [6, 6.07) is 4.31. The molecule has 3 nitrogen and oxygen atoms in total. The van der Waals surface area contributed by atoms with Gasteiger partial charge in [-0.3, -0.25) is 0 Å².